The van der Waals surface area contributed by atoms with E-state index in [-0.39, 0.29) is 12.2 Å². The zero-order valence-corrected chi connectivity index (χ0v) is 11.3. The van der Waals surface area contributed by atoms with E-state index in [4.69, 9.17) is 5.73 Å². The SMILES string of the molecule is Nc1ccc(=O)n(CCCN2CCCCC2CO)c1. The van der Waals surface area contributed by atoms with E-state index >= 15 is 0 Å². The Hall–Kier alpha value is -1.33. The monoisotopic (exact) mass is 265 g/mol. The molecule has 1 atom stereocenters. The predicted octanol–water partition coefficient (Wildman–Crippen LogP) is 0.667. The zero-order valence-electron chi connectivity index (χ0n) is 11.3. The third kappa shape index (κ3) is 3.81. The van der Waals surface area contributed by atoms with Crippen molar-refractivity contribution in [2.75, 3.05) is 25.4 Å². The average Bonchev–Trinajstić information content (AvgIpc) is 2.43. The summed E-state index contributed by atoms with van der Waals surface area (Å²) in [5, 5.41) is 9.34. The van der Waals surface area contributed by atoms with Crippen molar-refractivity contribution < 1.29 is 5.11 Å². The van der Waals surface area contributed by atoms with E-state index in [2.05, 4.69) is 4.90 Å². The first-order chi connectivity index (χ1) is 9.20. The fourth-order valence-electron chi connectivity index (χ4n) is 2.73. The summed E-state index contributed by atoms with van der Waals surface area (Å²) in [4.78, 5) is 14.0. The summed E-state index contributed by atoms with van der Waals surface area (Å²) in [5.74, 6) is 0. The maximum atomic E-state index is 11.6. The van der Waals surface area contributed by atoms with Crippen molar-refractivity contribution >= 4 is 5.69 Å². The molecule has 2 rings (SSSR count). The van der Waals surface area contributed by atoms with E-state index < -0.39 is 0 Å². The fourth-order valence-corrected chi connectivity index (χ4v) is 2.73. The minimum Gasteiger partial charge on any atom is -0.398 e. The van der Waals surface area contributed by atoms with E-state index in [1.807, 2.05) is 0 Å². The Morgan fingerprint density at radius 3 is 2.95 bits per heavy atom. The van der Waals surface area contributed by atoms with Gasteiger partial charge in [-0.1, -0.05) is 6.42 Å². The molecule has 3 N–H and O–H groups in total. The summed E-state index contributed by atoms with van der Waals surface area (Å²) in [5.41, 5.74) is 6.29. The highest BCUT2D eigenvalue weighted by atomic mass is 16.3. The first-order valence-corrected chi connectivity index (χ1v) is 7.01. The van der Waals surface area contributed by atoms with Crippen LogP contribution >= 0.6 is 0 Å². The van der Waals surface area contributed by atoms with Gasteiger partial charge in [-0.25, -0.2) is 0 Å². The lowest BCUT2D eigenvalue weighted by Crippen LogP contribution is -2.42. The Kier molecular flexibility index (Phi) is 4.99. The Morgan fingerprint density at radius 1 is 1.32 bits per heavy atom. The molecule has 5 heteroatoms. The molecule has 0 radical (unpaired) electrons. The largest absolute Gasteiger partial charge is 0.398 e. The van der Waals surface area contributed by atoms with E-state index in [1.165, 1.54) is 18.9 Å². The van der Waals surface area contributed by atoms with Gasteiger partial charge in [0.05, 0.1) is 6.61 Å². The van der Waals surface area contributed by atoms with Crippen LogP contribution in [-0.4, -0.2) is 40.3 Å². The Morgan fingerprint density at radius 2 is 2.16 bits per heavy atom. The number of aryl methyl sites for hydroxylation is 1. The van der Waals surface area contributed by atoms with Crippen LogP contribution in [0.1, 0.15) is 25.7 Å². The van der Waals surface area contributed by atoms with Crippen molar-refractivity contribution in [1.82, 2.24) is 9.47 Å². The minimum atomic E-state index is -0.00782. The van der Waals surface area contributed by atoms with Gasteiger partial charge >= 0.3 is 0 Å². The average molecular weight is 265 g/mol. The van der Waals surface area contributed by atoms with Crippen LogP contribution in [0.5, 0.6) is 0 Å². The number of aliphatic hydroxyl groups is 1. The number of aliphatic hydroxyl groups excluding tert-OH is 1. The van der Waals surface area contributed by atoms with E-state index in [9.17, 15) is 9.90 Å². The number of pyridine rings is 1. The maximum Gasteiger partial charge on any atom is 0.250 e. The van der Waals surface area contributed by atoms with Gasteiger partial charge in [0, 0.05) is 37.1 Å². The lowest BCUT2D eigenvalue weighted by molar-refractivity contribution is 0.0881. The van der Waals surface area contributed by atoms with Gasteiger partial charge in [-0.2, -0.15) is 0 Å². The van der Waals surface area contributed by atoms with Crippen LogP contribution in [0, 0.1) is 0 Å². The van der Waals surface area contributed by atoms with Gasteiger partial charge in [-0.15, -0.1) is 0 Å². The predicted molar refractivity (Wildman–Crippen MR) is 76.0 cm³/mol. The number of rotatable bonds is 5. The summed E-state index contributed by atoms with van der Waals surface area (Å²) in [6.45, 7) is 2.89. The zero-order chi connectivity index (χ0) is 13.7. The standard InChI is InChI=1S/C14H23N3O2/c15-12-5-6-14(19)17(10-12)9-3-8-16-7-2-1-4-13(16)11-18/h5-6,10,13,18H,1-4,7-9,11,15H2. The number of nitrogen functional groups attached to an aromatic ring is 1. The fraction of sp³-hybridized carbons (Fsp3) is 0.643. The van der Waals surface area contributed by atoms with Crippen molar-refractivity contribution in [2.24, 2.45) is 0 Å². The van der Waals surface area contributed by atoms with Gasteiger partial charge in [-0.05, 0) is 31.9 Å². The maximum absolute atomic E-state index is 11.6. The summed E-state index contributed by atoms with van der Waals surface area (Å²) in [6, 6.07) is 3.43. The van der Waals surface area contributed by atoms with Crippen LogP contribution in [-0.2, 0) is 6.54 Å². The summed E-state index contributed by atoms with van der Waals surface area (Å²) >= 11 is 0. The Labute approximate surface area is 113 Å². The number of hydrogen-bond acceptors (Lipinski definition) is 4. The number of aromatic nitrogens is 1. The quantitative estimate of drug-likeness (QED) is 0.821. The lowest BCUT2D eigenvalue weighted by atomic mass is 10.0. The van der Waals surface area contributed by atoms with Gasteiger partial charge in [0.1, 0.15) is 0 Å². The van der Waals surface area contributed by atoms with Crippen molar-refractivity contribution in [1.29, 1.82) is 0 Å². The second kappa shape index (κ2) is 6.73. The van der Waals surface area contributed by atoms with Crippen LogP contribution in [0.15, 0.2) is 23.1 Å². The lowest BCUT2D eigenvalue weighted by Gasteiger charge is -2.34. The number of piperidine rings is 1. The van der Waals surface area contributed by atoms with Crippen molar-refractivity contribution in [3.8, 4) is 0 Å². The Balaban J connectivity index is 1.85. The van der Waals surface area contributed by atoms with Crippen molar-refractivity contribution in [3.63, 3.8) is 0 Å². The van der Waals surface area contributed by atoms with Gasteiger partial charge in [-0.3, -0.25) is 9.69 Å². The normalized spacial score (nSPS) is 20.6. The minimum absolute atomic E-state index is 0.00782. The van der Waals surface area contributed by atoms with Crippen LogP contribution in [0.4, 0.5) is 5.69 Å². The molecule has 106 valence electrons. The number of hydrogen-bond donors (Lipinski definition) is 2. The number of likely N-dealkylation sites (tertiary alicyclic amines) is 1. The highest BCUT2D eigenvalue weighted by Crippen LogP contribution is 2.16. The molecule has 1 saturated heterocycles. The highest BCUT2D eigenvalue weighted by molar-refractivity contribution is 5.33. The summed E-state index contributed by atoms with van der Waals surface area (Å²) in [7, 11) is 0. The van der Waals surface area contributed by atoms with E-state index in [1.54, 1.807) is 16.8 Å². The molecule has 19 heavy (non-hydrogen) atoms. The van der Waals surface area contributed by atoms with Crippen molar-refractivity contribution in [3.05, 3.63) is 28.7 Å². The second-order valence-corrected chi connectivity index (χ2v) is 5.22. The molecule has 0 aliphatic carbocycles. The Bertz CT molecular complexity index is 458. The molecule has 1 aliphatic rings. The van der Waals surface area contributed by atoms with E-state index in [0.29, 0.717) is 18.3 Å². The van der Waals surface area contributed by atoms with Gasteiger partial charge in [0.2, 0.25) is 0 Å². The molecule has 1 unspecified atom stereocenters. The molecule has 1 aliphatic heterocycles. The smallest absolute Gasteiger partial charge is 0.250 e. The first-order valence-electron chi connectivity index (χ1n) is 7.01. The molecule has 2 heterocycles. The third-order valence-corrected chi connectivity index (χ3v) is 3.81. The molecule has 1 aromatic heterocycles. The molecule has 1 fully saturated rings. The van der Waals surface area contributed by atoms with Crippen LogP contribution in [0.25, 0.3) is 0 Å². The number of anilines is 1. The summed E-state index contributed by atoms with van der Waals surface area (Å²) in [6.07, 6.45) is 6.09. The number of nitrogens with zero attached hydrogens (tertiary/aromatic N) is 2. The molecule has 0 amide bonds. The third-order valence-electron chi connectivity index (χ3n) is 3.81. The molecular weight excluding hydrogens is 242 g/mol. The van der Waals surface area contributed by atoms with Gasteiger partial charge in [0.15, 0.2) is 0 Å². The molecule has 0 spiro atoms. The van der Waals surface area contributed by atoms with Gasteiger partial charge < -0.3 is 15.4 Å². The number of nitrogens with two attached hydrogens (primary N) is 1. The topological polar surface area (TPSA) is 71.5 Å². The molecular formula is C14H23N3O2. The van der Waals surface area contributed by atoms with E-state index in [0.717, 1.165) is 25.9 Å². The second-order valence-electron chi connectivity index (χ2n) is 5.22. The molecule has 0 bridgehead atoms. The molecule has 0 saturated carbocycles. The van der Waals surface area contributed by atoms with Crippen LogP contribution in [0.3, 0.4) is 0 Å². The molecule has 5 nitrogen and oxygen atoms in total. The van der Waals surface area contributed by atoms with Crippen LogP contribution in [0.2, 0.25) is 0 Å². The van der Waals surface area contributed by atoms with Crippen molar-refractivity contribution in [2.45, 2.75) is 38.3 Å². The van der Waals surface area contributed by atoms with Gasteiger partial charge in [0.25, 0.3) is 5.56 Å². The van der Waals surface area contributed by atoms with Crippen LogP contribution < -0.4 is 11.3 Å². The highest BCUT2D eigenvalue weighted by Gasteiger charge is 2.20. The molecule has 1 aromatic rings. The summed E-state index contributed by atoms with van der Waals surface area (Å²) < 4.78 is 1.66. The first kappa shape index (κ1) is 14.1. The molecule has 0 aromatic carbocycles.